The van der Waals surface area contributed by atoms with Gasteiger partial charge in [-0.25, -0.2) is 0 Å². The van der Waals surface area contributed by atoms with E-state index < -0.39 is 0 Å². The fraction of sp³-hybridized carbons (Fsp3) is 0.300. The highest BCUT2D eigenvalue weighted by molar-refractivity contribution is 9.10. The van der Waals surface area contributed by atoms with Gasteiger partial charge in [0, 0.05) is 12.2 Å². The molecule has 0 saturated heterocycles. The van der Waals surface area contributed by atoms with E-state index in [9.17, 15) is 4.79 Å². The molecule has 0 bridgehead atoms. The van der Waals surface area contributed by atoms with Crippen LogP contribution in [0.4, 0.5) is 5.69 Å². The predicted octanol–water partition coefficient (Wildman–Crippen LogP) is 4.24. The maximum absolute atomic E-state index is 12.3. The number of carbonyl (C=O) groups is 1. The average Bonchev–Trinajstić information content (AvgIpc) is 2.66. The van der Waals surface area contributed by atoms with Crippen molar-refractivity contribution in [3.63, 3.8) is 0 Å². The van der Waals surface area contributed by atoms with Crippen molar-refractivity contribution in [3.8, 4) is 5.75 Å². The number of nitrogens with zero attached hydrogens (tertiary/aromatic N) is 1. The third kappa shape index (κ3) is 4.43. The van der Waals surface area contributed by atoms with Crippen molar-refractivity contribution in [3.05, 3.63) is 58.1 Å². The van der Waals surface area contributed by atoms with Gasteiger partial charge in [-0.3, -0.25) is 10.1 Å². The number of amides is 1. The van der Waals surface area contributed by atoms with E-state index in [1.165, 1.54) is 11.1 Å². The Morgan fingerprint density at radius 2 is 2.12 bits per heavy atom. The summed E-state index contributed by atoms with van der Waals surface area (Å²) in [7, 11) is 0. The molecule has 1 aliphatic heterocycles. The molecule has 0 atom stereocenters. The van der Waals surface area contributed by atoms with Crippen molar-refractivity contribution >= 4 is 44.9 Å². The Morgan fingerprint density at radius 3 is 2.88 bits per heavy atom. The molecule has 6 heteroatoms. The van der Waals surface area contributed by atoms with Crippen LogP contribution in [0.1, 0.15) is 24.5 Å². The first-order valence-electron chi connectivity index (χ1n) is 8.69. The van der Waals surface area contributed by atoms with Crippen LogP contribution in [0.2, 0.25) is 0 Å². The van der Waals surface area contributed by atoms with Gasteiger partial charge in [0.05, 0.1) is 4.47 Å². The smallest absolute Gasteiger partial charge is 0.264 e. The Hall–Kier alpha value is -1.92. The molecule has 1 aliphatic rings. The van der Waals surface area contributed by atoms with Crippen LogP contribution in [0.5, 0.6) is 5.75 Å². The number of hydrogen-bond acceptors (Lipinski definition) is 3. The number of para-hydroxylation sites is 1. The highest BCUT2D eigenvalue weighted by Crippen LogP contribution is 2.27. The molecule has 0 unspecified atom stereocenters. The number of carbonyl (C=O) groups excluding carboxylic acids is 1. The Kier molecular flexibility index (Phi) is 6.27. The summed E-state index contributed by atoms with van der Waals surface area (Å²) in [5.41, 5.74) is 3.54. The molecule has 1 amide bonds. The van der Waals surface area contributed by atoms with Crippen LogP contribution in [-0.2, 0) is 17.6 Å². The van der Waals surface area contributed by atoms with E-state index in [1.807, 2.05) is 41.3 Å². The lowest BCUT2D eigenvalue weighted by molar-refractivity contribution is -0.121. The average molecular weight is 433 g/mol. The molecule has 136 valence electrons. The van der Waals surface area contributed by atoms with Crippen molar-refractivity contribution in [2.24, 2.45) is 0 Å². The highest BCUT2D eigenvalue weighted by Gasteiger charge is 2.21. The second kappa shape index (κ2) is 8.64. The molecule has 0 aliphatic carbocycles. The van der Waals surface area contributed by atoms with Gasteiger partial charge in [0.2, 0.25) is 0 Å². The molecule has 4 nitrogen and oxygen atoms in total. The minimum atomic E-state index is -0.260. The van der Waals surface area contributed by atoms with Gasteiger partial charge in [-0.05, 0) is 76.7 Å². The van der Waals surface area contributed by atoms with Crippen LogP contribution in [0.25, 0.3) is 0 Å². The first-order chi connectivity index (χ1) is 12.6. The van der Waals surface area contributed by atoms with Crippen molar-refractivity contribution in [2.45, 2.75) is 26.2 Å². The zero-order chi connectivity index (χ0) is 18.5. The van der Waals surface area contributed by atoms with Crippen molar-refractivity contribution in [2.75, 3.05) is 18.1 Å². The molecule has 1 heterocycles. The highest BCUT2D eigenvalue weighted by atomic mass is 79.9. The fourth-order valence-corrected chi connectivity index (χ4v) is 3.84. The Labute approximate surface area is 167 Å². The van der Waals surface area contributed by atoms with E-state index in [1.54, 1.807) is 0 Å². The van der Waals surface area contributed by atoms with E-state index in [-0.39, 0.29) is 12.5 Å². The molecule has 2 aromatic rings. The molecular formula is C20H21BrN2O2S. The second-order valence-corrected chi connectivity index (χ2v) is 7.39. The largest absolute Gasteiger partial charge is 0.483 e. The zero-order valence-electron chi connectivity index (χ0n) is 14.6. The monoisotopic (exact) mass is 432 g/mol. The number of thiocarbonyl (C=S) groups is 1. The van der Waals surface area contributed by atoms with Gasteiger partial charge in [0.25, 0.3) is 5.91 Å². The van der Waals surface area contributed by atoms with E-state index in [2.05, 4.69) is 34.2 Å². The summed E-state index contributed by atoms with van der Waals surface area (Å²) >= 11 is 8.92. The van der Waals surface area contributed by atoms with Gasteiger partial charge in [0.1, 0.15) is 5.75 Å². The van der Waals surface area contributed by atoms with Crippen molar-refractivity contribution < 1.29 is 9.53 Å². The van der Waals surface area contributed by atoms with Crippen LogP contribution in [-0.4, -0.2) is 24.2 Å². The van der Waals surface area contributed by atoms with Crippen molar-refractivity contribution in [1.82, 2.24) is 5.32 Å². The second-order valence-electron chi connectivity index (χ2n) is 6.14. The Morgan fingerprint density at radius 1 is 1.31 bits per heavy atom. The number of halogens is 1. The summed E-state index contributed by atoms with van der Waals surface area (Å²) < 4.78 is 6.46. The summed E-state index contributed by atoms with van der Waals surface area (Å²) in [5.74, 6) is 0.385. The van der Waals surface area contributed by atoms with Gasteiger partial charge in [0.15, 0.2) is 11.7 Å². The number of anilines is 1. The molecule has 2 aromatic carbocycles. The number of aryl methyl sites for hydroxylation is 2. The number of ether oxygens (including phenoxy) is 1. The third-order valence-electron chi connectivity index (χ3n) is 4.37. The maximum atomic E-state index is 12.3. The Bertz CT molecular complexity index is 825. The van der Waals surface area contributed by atoms with E-state index >= 15 is 0 Å². The van der Waals surface area contributed by atoms with Gasteiger partial charge >= 0.3 is 0 Å². The Balaban J connectivity index is 1.58. The summed E-state index contributed by atoms with van der Waals surface area (Å²) in [6.07, 6.45) is 3.00. The molecule has 0 fully saturated rings. The standard InChI is InChI=1S/C20H21BrN2O2S/c1-2-14-9-10-18(16(21)12-14)25-13-19(24)22-20(26)23-11-5-7-15-6-3-4-8-17(15)23/h3-4,6,8-10,12H,2,5,7,11,13H2,1H3,(H,22,24,26). The molecule has 1 N–H and O–H groups in total. The summed E-state index contributed by atoms with van der Waals surface area (Å²) in [5, 5.41) is 3.20. The van der Waals surface area contributed by atoms with E-state index in [0.29, 0.717) is 10.9 Å². The molecular weight excluding hydrogens is 412 g/mol. The molecule has 0 radical (unpaired) electrons. The number of nitrogens with one attached hydrogen (secondary N) is 1. The van der Waals surface area contributed by atoms with Crippen LogP contribution in [0.15, 0.2) is 46.9 Å². The van der Waals surface area contributed by atoms with Crippen LogP contribution in [0, 0.1) is 0 Å². The summed E-state index contributed by atoms with van der Waals surface area (Å²) in [6, 6.07) is 14.0. The number of fused-ring (bicyclic) bond motifs is 1. The lowest BCUT2D eigenvalue weighted by Gasteiger charge is -2.31. The van der Waals surface area contributed by atoms with E-state index in [4.69, 9.17) is 17.0 Å². The van der Waals surface area contributed by atoms with Gasteiger partial charge in [-0.1, -0.05) is 31.2 Å². The van der Waals surface area contributed by atoms with Gasteiger partial charge in [-0.2, -0.15) is 0 Å². The first kappa shape index (κ1) is 18.9. The summed E-state index contributed by atoms with van der Waals surface area (Å²) in [6.45, 7) is 2.82. The van der Waals surface area contributed by atoms with Gasteiger partial charge < -0.3 is 9.64 Å². The molecule has 26 heavy (non-hydrogen) atoms. The van der Waals surface area contributed by atoms with Crippen molar-refractivity contribution in [1.29, 1.82) is 0 Å². The quantitative estimate of drug-likeness (QED) is 0.733. The maximum Gasteiger partial charge on any atom is 0.264 e. The lowest BCUT2D eigenvalue weighted by atomic mass is 10.0. The number of hydrogen-bond donors (Lipinski definition) is 1. The number of benzene rings is 2. The zero-order valence-corrected chi connectivity index (χ0v) is 17.0. The predicted molar refractivity (Wildman–Crippen MR) is 112 cm³/mol. The topological polar surface area (TPSA) is 41.6 Å². The van der Waals surface area contributed by atoms with Crippen LogP contribution >= 0.6 is 28.1 Å². The minimum Gasteiger partial charge on any atom is -0.483 e. The van der Waals surface area contributed by atoms with Gasteiger partial charge in [-0.15, -0.1) is 0 Å². The van der Waals surface area contributed by atoms with Crippen LogP contribution < -0.4 is 15.0 Å². The normalized spacial score (nSPS) is 13.1. The molecule has 3 rings (SSSR count). The minimum absolute atomic E-state index is 0.0836. The third-order valence-corrected chi connectivity index (χ3v) is 5.31. The van der Waals surface area contributed by atoms with E-state index in [0.717, 1.165) is 36.0 Å². The van der Waals surface area contributed by atoms with Crippen LogP contribution in [0.3, 0.4) is 0 Å². The first-order valence-corrected chi connectivity index (χ1v) is 9.89. The fourth-order valence-electron chi connectivity index (χ4n) is 2.99. The number of rotatable bonds is 4. The molecule has 0 aromatic heterocycles. The molecule has 0 spiro atoms. The SMILES string of the molecule is CCc1ccc(OCC(=O)NC(=S)N2CCCc3ccccc32)c(Br)c1. The summed E-state index contributed by atoms with van der Waals surface area (Å²) in [4.78, 5) is 14.2. The molecule has 0 saturated carbocycles. The lowest BCUT2D eigenvalue weighted by Crippen LogP contribution is -2.46.